The van der Waals surface area contributed by atoms with Gasteiger partial charge in [0.15, 0.2) is 0 Å². The number of halogens is 1. The fraction of sp³-hybridized carbons (Fsp3) is 0.0714. The quantitative estimate of drug-likeness (QED) is 0.817. The molecule has 0 fully saturated rings. The van der Waals surface area contributed by atoms with Gasteiger partial charge in [-0.1, -0.05) is 29.8 Å². The van der Waals surface area contributed by atoms with E-state index in [0.717, 1.165) is 5.56 Å². The van der Waals surface area contributed by atoms with E-state index in [9.17, 15) is 13.2 Å². The van der Waals surface area contributed by atoms with Crippen molar-refractivity contribution in [2.45, 2.75) is 16.7 Å². The first-order valence-electron chi connectivity index (χ1n) is 5.53. The Morgan fingerprint density at radius 2 is 1.58 bits per heavy atom. The smallest absolute Gasteiger partial charge is 0.253 e. The lowest BCUT2D eigenvalue weighted by molar-refractivity contribution is 0.107. The van der Waals surface area contributed by atoms with E-state index in [-0.39, 0.29) is 15.4 Å². The van der Waals surface area contributed by atoms with E-state index in [1.807, 2.05) is 6.92 Å². The average Bonchev–Trinajstić information content (AvgIpc) is 2.39. The Balaban J connectivity index is 2.63. The van der Waals surface area contributed by atoms with Crippen LogP contribution in [-0.2, 0) is 9.84 Å². The van der Waals surface area contributed by atoms with Crippen molar-refractivity contribution < 1.29 is 13.2 Å². The average molecular weight is 295 g/mol. The van der Waals surface area contributed by atoms with Crippen LogP contribution in [0, 0.1) is 6.92 Å². The maximum atomic E-state index is 12.5. The van der Waals surface area contributed by atoms with Gasteiger partial charge in [0, 0.05) is 0 Å². The van der Waals surface area contributed by atoms with Gasteiger partial charge in [-0.2, -0.15) is 0 Å². The fourth-order valence-electron chi connectivity index (χ4n) is 1.71. The monoisotopic (exact) mass is 294 g/mol. The molecule has 19 heavy (non-hydrogen) atoms. The first kappa shape index (κ1) is 13.8. The molecule has 0 N–H and O–H groups in total. The number of aryl methyl sites for hydroxylation is 1. The SMILES string of the molecule is Cc1ccc(S(=O)(=O)c2ccccc2C(=O)Cl)cc1. The number of benzene rings is 2. The summed E-state index contributed by atoms with van der Waals surface area (Å²) in [5.41, 5.74) is 0.949. The molecule has 0 aromatic heterocycles. The summed E-state index contributed by atoms with van der Waals surface area (Å²) in [4.78, 5) is 11.4. The largest absolute Gasteiger partial charge is 0.276 e. The van der Waals surface area contributed by atoms with Gasteiger partial charge in [-0.3, -0.25) is 4.79 Å². The summed E-state index contributed by atoms with van der Waals surface area (Å²) < 4.78 is 24.9. The number of hydrogen-bond acceptors (Lipinski definition) is 3. The predicted molar refractivity (Wildman–Crippen MR) is 73.3 cm³/mol. The van der Waals surface area contributed by atoms with Crippen LogP contribution in [0.1, 0.15) is 15.9 Å². The number of carbonyl (C=O) groups is 1. The van der Waals surface area contributed by atoms with Crippen LogP contribution < -0.4 is 0 Å². The zero-order chi connectivity index (χ0) is 14.0. The third-order valence-electron chi connectivity index (χ3n) is 2.72. The molecular weight excluding hydrogens is 284 g/mol. The van der Waals surface area contributed by atoms with Crippen LogP contribution in [0.25, 0.3) is 0 Å². The Morgan fingerprint density at radius 3 is 2.16 bits per heavy atom. The highest BCUT2D eigenvalue weighted by Gasteiger charge is 2.23. The van der Waals surface area contributed by atoms with Crippen LogP contribution in [-0.4, -0.2) is 13.7 Å². The van der Waals surface area contributed by atoms with Crippen LogP contribution in [0.4, 0.5) is 0 Å². The molecule has 0 aliphatic rings. The normalized spacial score (nSPS) is 11.3. The Labute approximate surface area is 116 Å². The lowest BCUT2D eigenvalue weighted by atomic mass is 10.2. The van der Waals surface area contributed by atoms with Crippen molar-refractivity contribution in [1.29, 1.82) is 0 Å². The fourth-order valence-corrected chi connectivity index (χ4v) is 3.38. The molecule has 0 unspecified atom stereocenters. The van der Waals surface area contributed by atoms with E-state index in [4.69, 9.17) is 11.6 Å². The summed E-state index contributed by atoms with van der Waals surface area (Å²) in [5.74, 6) is 0. The van der Waals surface area contributed by atoms with Crippen molar-refractivity contribution in [3.05, 3.63) is 59.7 Å². The van der Waals surface area contributed by atoms with E-state index in [2.05, 4.69) is 0 Å². The summed E-state index contributed by atoms with van der Waals surface area (Å²) >= 11 is 5.42. The van der Waals surface area contributed by atoms with Gasteiger partial charge in [-0.25, -0.2) is 8.42 Å². The highest BCUT2D eigenvalue weighted by atomic mass is 35.5. The molecule has 0 aliphatic heterocycles. The van der Waals surface area contributed by atoms with Crippen molar-refractivity contribution >= 4 is 26.7 Å². The maximum absolute atomic E-state index is 12.5. The first-order chi connectivity index (χ1) is 8.93. The first-order valence-corrected chi connectivity index (χ1v) is 7.39. The minimum Gasteiger partial charge on any atom is -0.276 e. The molecule has 0 saturated carbocycles. The molecular formula is C14H11ClO3S. The molecule has 0 radical (unpaired) electrons. The van der Waals surface area contributed by atoms with E-state index in [1.165, 1.54) is 24.3 Å². The van der Waals surface area contributed by atoms with Gasteiger partial charge in [0.05, 0.1) is 15.4 Å². The van der Waals surface area contributed by atoms with Gasteiger partial charge in [0.1, 0.15) is 0 Å². The molecule has 0 aliphatic carbocycles. The molecule has 98 valence electrons. The third kappa shape index (κ3) is 2.69. The maximum Gasteiger partial charge on any atom is 0.253 e. The zero-order valence-corrected chi connectivity index (χ0v) is 11.7. The molecule has 3 nitrogen and oxygen atoms in total. The van der Waals surface area contributed by atoms with Crippen LogP contribution in [0.2, 0.25) is 0 Å². The van der Waals surface area contributed by atoms with E-state index in [1.54, 1.807) is 24.3 Å². The van der Waals surface area contributed by atoms with Crippen molar-refractivity contribution in [1.82, 2.24) is 0 Å². The molecule has 0 saturated heterocycles. The van der Waals surface area contributed by atoms with Gasteiger partial charge < -0.3 is 0 Å². The zero-order valence-electron chi connectivity index (χ0n) is 10.1. The highest BCUT2D eigenvalue weighted by molar-refractivity contribution is 7.91. The van der Waals surface area contributed by atoms with Gasteiger partial charge >= 0.3 is 0 Å². The number of carbonyl (C=O) groups excluding carboxylic acids is 1. The second-order valence-corrected chi connectivity index (χ2v) is 6.35. The van der Waals surface area contributed by atoms with E-state index in [0.29, 0.717) is 0 Å². The second kappa shape index (κ2) is 5.15. The summed E-state index contributed by atoms with van der Waals surface area (Å²) in [6, 6.07) is 12.4. The summed E-state index contributed by atoms with van der Waals surface area (Å²) in [6.45, 7) is 1.87. The molecule has 2 aromatic rings. The minimum atomic E-state index is -3.74. The lowest BCUT2D eigenvalue weighted by Crippen LogP contribution is -2.07. The van der Waals surface area contributed by atoms with Crippen molar-refractivity contribution in [3.63, 3.8) is 0 Å². The van der Waals surface area contributed by atoms with Crippen molar-refractivity contribution in [2.75, 3.05) is 0 Å². The predicted octanol–water partition coefficient (Wildman–Crippen LogP) is 3.21. The topological polar surface area (TPSA) is 51.2 Å². The van der Waals surface area contributed by atoms with Crippen molar-refractivity contribution in [3.8, 4) is 0 Å². The minimum absolute atomic E-state index is 0.00950. The number of hydrogen-bond donors (Lipinski definition) is 0. The van der Waals surface area contributed by atoms with Crippen LogP contribution >= 0.6 is 11.6 Å². The Morgan fingerprint density at radius 1 is 1.00 bits per heavy atom. The van der Waals surface area contributed by atoms with E-state index < -0.39 is 15.1 Å². The molecule has 2 aromatic carbocycles. The molecule has 0 atom stereocenters. The van der Waals surface area contributed by atoms with Gasteiger partial charge in [-0.15, -0.1) is 0 Å². The van der Waals surface area contributed by atoms with Crippen molar-refractivity contribution in [2.24, 2.45) is 0 Å². The molecule has 0 amide bonds. The molecule has 0 bridgehead atoms. The number of rotatable bonds is 3. The van der Waals surface area contributed by atoms with Crippen LogP contribution in [0.3, 0.4) is 0 Å². The van der Waals surface area contributed by atoms with Crippen LogP contribution in [0.15, 0.2) is 58.3 Å². The Hall–Kier alpha value is -1.65. The molecule has 2 rings (SSSR count). The second-order valence-electron chi connectivity index (χ2n) is 4.09. The molecule has 0 spiro atoms. The molecule has 5 heteroatoms. The lowest BCUT2D eigenvalue weighted by Gasteiger charge is -2.08. The standard InChI is InChI=1S/C14H11ClO3S/c1-10-6-8-11(9-7-10)19(17,18)13-5-3-2-4-12(13)14(15)16/h2-9H,1H3. The molecule has 0 heterocycles. The van der Waals surface area contributed by atoms with Gasteiger partial charge in [-0.05, 0) is 42.8 Å². The third-order valence-corrected chi connectivity index (χ3v) is 4.75. The van der Waals surface area contributed by atoms with Crippen LogP contribution in [0.5, 0.6) is 0 Å². The Kier molecular flexibility index (Phi) is 3.73. The summed E-state index contributed by atoms with van der Waals surface area (Å²) in [5, 5.41) is -0.786. The number of sulfone groups is 1. The summed E-state index contributed by atoms with van der Waals surface area (Å²) in [7, 11) is -3.74. The van der Waals surface area contributed by atoms with Gasteiger partial charge in [0.2, 0.25) is 9.84 Å². The van der Waals surface area contributed by atoms with E-state index >= 15 is 0 Å². The van der Waals surface area contributed by atoms with Gasteiger partial charge in [0.25, 0.3) is 5.24 Å². The highest BCUT2D eigenvalue weighted by Crippen LogP contribution is 2.25. The summed E-state index contributed by atoms with van der Waals surface area (Å²) in [6.07, 6.45) is 0. The Bertz CT molecular complexity index is 719.